The van der Waals surface area contributed by atoms with Crippen molar-refractivity contribution in [3.05, 3.63) is 24.2 Å². The molecule has 7 nitrogen and oxygen atoms in total. The molecule has 0 aliphatic carbocycles. The zero-order valence-corrected chi connectivity index (χ0v) is 16.4. The Kier molecular flexibility index (Phi) is 11.8. The highest BCUT2D eigenvalue weighted by Crippen LogP contribution is 2.13. The lowest BCUT2D eigenvalue weighted by atomic mass is 10.2. The first-order valence-electron chi connectivity index (χ1n) is 7.71. The Morgan fingerprint density at radius 3 is 1.44 bits per heavy atom. The summed E-state index contributed by atoms with van der Waals surface area (Å²) in [6, 6.07) is 0. The number of halogens is 4. The maximum atomic E-state index is 13.5. The number of hydrogen-bond acceptors (Lipinski definition) is 7. The molecule has 0 amide bonds. The first-order valence-corrected chi connectivity index (χ1v) is 10.8. The van der Waals surface area contributed by atoms with E-state index in [9.17, 15) is 33.4 Å². The molecule has 13 heteroatoms. The van der Waals surface area contributed by atoms with Crippen molar-refractivity contribution in [1.29, 1.82) is 0 Å². The third-order valence-electron chi connectivity index (χ3n) is 2.82. The SMILES string of the molecule is CC(CC(F)=COC=C(F)CC(C)OCCS(=O)(=O)F)OCCS(=O)(=O)F. The van der Waals surface area contributed by atoms with Crippen LogP contribution in [0.2, 0.25) is 0 Å². The molecule has 2 unspecified atom stereocenters. The van der Waals surface area contributed by atoms with Crippen molar-refractivity contribution in [2.75, 3.05) is 24.7 Å². The summed E-state index contributed by atoms with van der Waals surface area (Å²) < 4.78 is 107. The van der Waals surface area contributed by atoms with Crippen molar-refractivity contribution in [3.63, 3.8) is 0 Å². The first-order chi connectivity index (χ1) is 12.3. The van der Waals surface area contributed by atoms with Gasteiger partial charge in [-0.3, -0.25) is 0 Å². The van der Waals surface area contributed by atoms with Gasteiger partial charge < -0.3 is 14.2 Å². The van der Waals surface area contributed by atoms with Crippen molar-refractivity contribution in [2.24, 2.45) is 0 Å². The summed E-state index contributed by atoms with van der Waals surface area (Å²) in [5, 5.41) is 0. The quantitative estimate of drug-likeness (QED) is 0.232. The van der Waals surface area contributed by atoms with Crippen LogP contribution < -0.4 is 0 Å². The molecule has 2 atom stereocenters. The van der Waals surface area contributed by atoms with E-state index in [4.69, 9.17) is 9.47 Å². The van der Waals surface area contributed by atoms with Gasteiger partial charge in [-0.05, 0) is 13.8 Å². The monoisotopic (exact) mass is 442 g/mol. The van der Waals surface area contributed by atoms with E-state index in [0.717, 1.165) is 0 Å². The van der Waals surface area contributed by atoms with Crippen molar-refractivity contribution in [3.8, 4) is 0 Å². The molecule has 0 aromatic heterocycles. The minimum atomic E-state index is -4.66. The lowest BCUT2D eigenvalue weighted by Gasteiger charge is -2.11. The predicted octanol–water partition coefficient (Wildman–Crippen LogP) is 2.81. The molecule has 27 heavy (non-hydrogen) atoms. The second kappa shape index (κ2) is 12.3. The fraction of sp³-hybridized carbons (Fsp3) is 0.714. The standard InChI is InChI=1S/C14H22F4O7S2/c1-11(24-3-5-26(17,19)20)7-13(15)9-23-10-14(16)8-12(2)25-4-6-27(18,21)22/h9-12H,3-8H2,1-2H3. The Hall–Kier alpha value is -1.18. The van der Waals surface area contributed by atoms with Crippen LogP contribution in [0.15, 0.2) is 24.2 Å². The lowest BCUT2D eigenvalue weighted by molar-refractivity contribution is 0.0725. The van der Waals surface area contributed by atoms with Crippen LogP contribution in [0.4, 0.5) is 16.6 Å². The summed E-state index contributed by atoms with van der Waals surface area (Å²) in [6.45, 7) is 1.96. The fourth-order valence-corrected chi connectivity index (χ4v) is 2.23. The average Bonchev–Trinajstić information content (AvgIpc) is 2.43. The van der Waals surface area contributed by atoms with Gasteiger partial charge in [-0.2, -0.15) is 16.8 Å². The Labute approximate surface area is 156 Å². The molecule has 160 valence electrons. The number of hydrogen-bond donors (Lipinski definition) is 0. The van der Waals surface area contributed by atoms with E-state index in [-0.39, 0.29) is 12.8 Å². The molecule has 0 heterocycles. The minimum Gasteiger partial charge on any atom is -0.467 e. The maximum Gasteiger partial charge on any atom is 0.304 e. The van der Waals surface area contributed by atoms with Crippen molar-refractivity contribution in [2.45, 2.75) is 38.9 Å². The van der Waals surface area contributed by atoms with Crippen molar-refractivity contribution >= 4 is 20.4 Å². The highest BCUT2D eigenvalue weighted by Gasteiger charge is 2.12. The molecule has 0 aromatic rings. The van der Waals surface area contributed by atoms with Gasteiger partial charge in [-0.25, -0.2) is 8.78 Å². The molecule has 0 saturated carbocycles. The Balaban J connectivity index is 4.16. The minimum absolute atomic E-state index is 0.307. The molecule has 0 bridgehead atoms. The molecule has 0 aliphatic rings. The maximum absolute atomic E-state index is 13.5. The Morgan fingerprint density at radius 1 is 0.815 bits per heavy atom. The van der Waals surface area contributed by atoms with E-state index in [1.165, 1.54) is 13.8 Å². The van der Waals surface area contributed by atoms with Crippen LogP contribution in [0, 0.1) is 0 Å². The second-order valence-corrected chi connectivity index (χ2v) is 8.49. The van der Waals surface area contributed by atoms with Gasteiger partial charge >= 0.3 is 20.4 Å². The van der Waals surface area contributed by atoms with E-state index < -0.39 is 69.0 Å². The fourth-order valence-electron chi connectivity index (χ4n) is 1.64. The first kappa shape index (κ1) is 25.8. The molecule has 0 aromatic carbocycles. The third-order valence-corrected chi connectivity index (χ3v) is 4.12. The van der Waals surface area contributed by atoms with Crippen LogP contribution in [0.1, 0.15) is 26.7 Å². The van der Waals surface area contributed by atoms with E-state index >= 15 is 0 Å². The van der Waals surface area contributed by atoms with Gasteiger partial charge in [0.25, 0.3) is 0 Å². The van der Waals surface area contributed by atoms with Gasteiger partial charge in [-0.15, -0.1) is 7.77 Å². The highest BCUT2D eigenvalue weighted by molar-refractivity contribution is 7.86. The van der Waals surface area contributed by atoms with Crippen LogP contribution >= 0.6 is 0 Å². The largest absolute Gasteiger partial charge is 0.467 e. The molecular formula is C14H22F4O7S2. The summed E-state index contributed by atoms with van der Waals surface area (Å²) in [6.07, 6.45) is -0.932. The van der Waals surface area contributed by atoms with E-state index in [1.54, 1.807) is 0 Å². The zero-order chi connectivity index (χ0) is 21.1. The molecule has 0 aliphatic heterocycles. The van der Waals surface area contributed by atoms with Crippen molar-refractivity contribution < 1.29 is 47.6 Å². The molecule has 0 spiro atoms. The van der Waals surface area contributed by atoms with Crippen LogP contribution in [0.25, 0.3) is 0 Å². The van der Waals surface area contributed by atoms with Gasteiger partial charge in [-0.1, -0.05) is 0 Å². The molecule has 0 rings (SSSR count). The lowest BCUT2D eigenvalue weighted by Crippen LogP contribution is -2.14. The molecule has 0 N–H and O–H groups in total. The van der Waals surface area contributed by atoms with Crippen LogP contribution in [0.5, 0.6) is 0 Å². The Bertz CT molecular complexity index is 645. The normalized spacial score (nSPS) is 16.2. The van der Waals surface area contributed by atoms with E-state index in [0.29, 0.717) is 12.5 Å². The van der Waals surface area contributed by atoms with Gasteiger partial charge in [0.05, 0.1) is 25.4 Å². The topological polar surface area (TPSA) is 96.0 Å². The smallest absolute Gasteiger partial charge is 0.304 e. The Morgan fingerprint density at radius 2 is 1.15 bits per heavy atom. The highest BCUT2D eigenvalue weighted by atomic mass is 32.3. The molecule has 0 fully saturated rings. The second-order valence-electron chi connectivity index (χ2n) is 5.52. The van der Waals surface area contributed by atoms with E-state index in [1.807, 2.05) is 0 Å². The molecule has 0 saturated heterocycles. The summed E-state index contributed by atoms with van der Waals surface area (Å²) in [5.41, 5.74) is 0. The van der Waals surface area contributed by atoms with Gasteiger partial charge in [0.2, 0.25) is 0 Å². The number of ether oxygens (including phenoxy) is 3. The summed E-state index contributed by atoms with van der Waals surface area (Å²) in [5.74, 6) is -3.34. The predicted molar refractivity (Wildman–Crippen MR) is 89.3 cm³/mol. The van der Waals surface area contributed by atoms with Gasteiger partial charge in [0.1, 0.15) is 35.7 Å². The zero-order valence-electron chi connectivity index (χ0n) is 14.7. The van der Waals surface area contributed by atoms with Gasteiger partial charge in [0, 0.05) is 12.8 Å². The summed E-state index contributed by atoms with van der Waals surface area (Å²) >= 11 is 0. The van der Waals surface area contributed by atoms with Gasteiger partial charge in [0.15, 0.2) is 0 Å². The van der Waals surface area contributed by atoms with Crippen LogP contribution in [0.3, 0.4) is 0 Å². The van der Waals surface area contributed by atoms with Crippen molar-refractivity contribution in [1.82, 2.24) is 0 Å². The molecular weight excluding hydrogens is 420 g/mol. The number of rotatable bonds is 14. The van der Waals surface area contributed by atoms with E-state index in [2.05, 4.69) is 4.74 Å². The summed E-state index contributed by atoms with van der Waals surface area (Å²) in [4.78, 5) is 0. The summed E-state index contributed by atoms with van der Waals surface area (Å²) in [7, 11) is -9.32. The average molecular weight is 442 g/mol. The van der Waals surface area contributed by atoms with Crippen LogP contribution in [-0.2, 0) is 34.7 Å². The van der Waals surface area contributed by atoms with Crippen LogP contribution in [-0.4, -0.2) is 53.8 Å². The molecule has 0 radical (unpaired) electrons. The third kappa shape index (κ3) is 18.0.